The fourth-order valence-corrected chi connectivity index (χ4v) is 4.55. The Morgan fingerprint density at radius 1 is 1.29 bits per heavy atom. The quantitative estimate of drug-likeness (QED) is 0.638. The number of piperidine rings is 1. The molecule has 2 aliphatic rings. The third kappa shape index (κ3) is 4.15. The number of rotatable bonds is 6. The van der Waals surface area contributed by atoms with Gasteiger partial charge in [0.25, 0.3) is 0 Å². The molecule has 0 aliphatic carbocycles. The molecule has 0 atom stereocenters. The maximum atomic E-state index is 12.4. The minimum Gasteiger partial charge on any atom is -0.335 e. The minimum atomic E-state index is -3.51. The first kappa shape index (κ1) is 17.4. The van der Waals surface area contributed by atoms with Gasteiger partial charge in [-0.05, 0) is 42.5 Å². The van der Waals surface area contributed by atoms with Gasteiger partial charge in [0.05, 0.1) is 31.0 Å². The number of fused-ring (bicyclic) bond motifs is 1. The van der Waals surface area contributed by atoms with E-state index in [0.717, 1.165) is 24.4 Å². The first-order valence-electron chi connectivity index (χ1n) is 8.70. The highest BCUT2D eigenvalue weighted by atomic mass is 32.2. The van der Waals surface area contributed by atoms with Crippen LogP contribution >= 0.6 is 0 Å². The van der Waals surface area contributed by atoms with E-state index in [1.54, 1.807) is 23.1 Å². The molecular weight excluding hydrogens is 326 g/mol. The lowest BCUT2D eigenvalue weighted by molar-refractivity contribution is -0.906. The van der Waals surface area contributed by atoms with E-state index in [1.807, 2.05) is 0 Å². The third-order valence-corrected chi connectivity index (χ3v) is 6.45. The summed E-state index contributed by atoms with van der Waals surface area (Å²) in [5, 5.41) is 2.71. The Kier molecular flexibility index (Phi) is 5.22. The highest BCUT2D eigenvalue weighted by molar-refractivity contribution is 7.89. The van der Waals surface area contributed by atoms with E-state index in [-0.39, 0.29) is 17.2 Å². The van der Waals surface area contributed by atoms with Gasteiger partial charge in [-0.25, -0.2) is 13.1 Å². The fourth-order valence-electron chi connectivity index (χ4n) is 3.42. The van der Waals surface area contributed by atoms with Crippen LogP contribution < -0.4 is 14.9 Å². The van der Waals surface area contributed by atoms with E-state index in [4.69, 9.17) is 0 Å². The van der Waals surface area contributed by atoms with Crippen molar-refractivity contribution in [3.63, 3.8) is 0 Å². The second kappa shape index (κ2) is 7.21. The number of sulfonamides is 1. The molecule has 0 radical (unpaired) electrons. The van der Waals surface area contributed by atoms with Gasteiger partial charge in [-0.1, -0.05) is 6.92 Å². The number of hydrogen-bond acceptors (Lipinski definition) is 3. The van der Waals surface area contributed by atoms with Crippen molar-refractivity contribution in [2.24, 2.45) is 5.92 Å². The molecule has 1 aromatic carbocycles. The van der Waals surface area contributed by atoms with Crippen molar-refractivity contribution >= 4 is 21.6 Å². The molecule has 0 aromatic heterocycles. The molecule has 3 N–H and O–H groups in total. The highest BCUT2D eigenvalue weighted by Crippen LogP contribution is 2.25. The van der Waals surface area contributed by atoms with Crippen LogP contribution in [-0.2, 0) is 21.2 Å². The van der Waals surface area contributed by atoms with Gasteiger partial charge in [0.1, 0.15) is 0 Å². The van der Waals surface area contributed by atoms with Crippen LogP contribution in [0.3, 0.4) is 0 Å². The van der Waals surface area contributed by atoms with Crippen LogP contribution in [0.4, 0.5) is 5.69 Å². The van der Waals surface area contributed by atoms with Gasteiger partial charge >= 0.3 is 0 Å². The number of benzene rings is 1. The number of anilines is 1. The van der Waals surface area contributed by atoms with Gasteiger partial charge in [0.15, 0.2) is 0 Å². The summed E-state index contributed by atoms with van der Waals surface area (Å²) in [4.78, 5) is 13.2. The SMILES string of the molecule is CC1CC[NH+](CCCNS(=O)(=O)c2ccc3c(c2)CC(=O)N3)CC1. The topological polar surface area (TPSA) is 79.7 Å². The predicted molar refractivity (Wildman–Crippen MR) is 92.5 cm³/mol. The minimum absolute atomic E-state index is 0.0914. The van der Waals surface area contributed by atoms with Crippen LogP contribution in [0.1, 0.15) is 31.7 Å². The summed E-state index contributed by atoms with van der Waals surface area (Å²) in [6.07, 6.45) is 3.62. The fraction of sp³-hybridized carbons (Fsp3) is 0.588. The van der Waals surface area contributed by atoms with Crippen LogP contribution in [0.25, 0.3) is 0 Å². The molecule has 1 saturated heterocycles. The van der Waals surface area contributed by atoms with Crippen LogP contribution in [0.15, 0.2) is 23.1 Å². The Balaban J connectivity index is 1.50. The molecule has 0 unspecified atom stereocenters. The van der Waals surface area contributed by atoms with Crippen molar-refractivity contribution in [2.45, 2.75) is 37.5 Å². The zero-order valence-corrected chi connectivity index (χ0v) is 14.9. The summed E-state index contributed by atoms with van der Waals surface area (Å²) < 4.78 is 27.4. The molecule has 3 rings (SSSR count). The Morgan fingerprint density at radius 3 is 2.79 bits per heavy atom. The number of carbonyl (C=O) groups is 1. The van der Waals surface area contributed by atoms with E-state index in [9.17, 15) is 13.2 Å². The first-order chi connectivity index (χ1) is 11.4. The Hall–Kier alpha value is -1.44. The zero-order valence-electron chi connectivity index (χ0n) is 14.1. The predicted octanol–water partition coefficient (Wildman–Crippen LogP) is 0.164. The average Bonchev–Trinajstić information content (AvgIpc) is 2.92. The van der Waals surface area contributed by atoms with Gasteiger partial charge in [-0.3, -0.25) is 4.79 Å². The number of hydrogen-bond donors (Lipinski definition) is 3. The molecule has 1 fully saturated rings. The van der Waals surface area contributed by atoms with Gasteiger partial charge < -0.3 is 10.2 Å². The number of quaternary nitrogens is 1. The largest absolute Gasteiger partial charge is 0.335 e. The lowest BCUT2D eigenvalue weighted by Crippen LogP contribution is -3.13. The number of amides is 1. The van der Waals surface area contributed by atoms with Gasteiger partial charge in [0.2, 0.25) is 15.9 Å². The molecule has 7 heteroatoms. The van der Waals surface area contributed by atoms with Crippen molar-refractivity contribution < 1.29 is 18.1 Å². The van der Waals surface area contributed by atoms with Crippen LogP contribution in [-0.4, -0.2) is 40.5 Å². The Morgan fingerprint density at radius 2 is 2.04 bits per heavy atom. The highest BCUT2D eigenvalue weighted by Gasteiger charge is 2.22. The molecule has 2 aliphatic heterocycles. The molecular formula is C17H26N3O3S+. The third-order valence-electron chi connectivity index (χ3n) is 4.99. The van der Waals surface area contributed by atoms with E-state index < -0.39 is 10.0 Å². The lowest BCUT2D eigenvalue weighted by Gasteiger charge is -2.27. The van der Waals surface area contributed by atoms with Crippen LogP contribution in [0.5, 0.6) is 0 Å². The molecule has 1 amide bonds. The Bertz CT molecular complexity index is 710. The Labute approximate surface area is 143 Å². The van der Waals surface area contributed by atoms with Crippen molar-refractivity contribution in [3.8, 4) is 0 Å². The van der Waals surface area contributed by atoms with Gasteiger partial charge in [-0.2, -0.15) is 0 Å². The summed E-state index contributed by atoms with van der Waals surface area (Å²) in [5.41, 5.74) is 1.46. The summed E-state index contributed by atoms with van der Waals surface area (Å²) in [7, 11) is -3.51. The summed E-state index contributed by atoms with van der Waals surface area (Å²) in [6.45, 7) is 6.15. The molecule has 0 bridgehead atoms. The standard InChI is InChI=1S/C17H25N3O3S/c1-13-5-9-20(10-6-13)8-2-7-18-24(22,23)15-3-4-16-14(11-15)12-17(21)19-16/h3-4,11,13,18H,2,5-10,12H2,1H3,(H,19,21)/p+1. The monoisotopic (exact) mass is 352 g/mol. The van der Waals surface area contributed by atoms with Crippen molar-refractivity contribution in [3.05, 3.63) is 23.8 Å². The summed E-state index contributed by atoms with van der Waals surface area (Å²) in [6, 6.07) is 4.80. The van der Waals surface area contributed by atoms with Gasteiger partial charge in [-0.15, -0.1) is 0 Å². The van der Waals surface area contributed by atoms with Crippen molar-refractivity contribution in [1.82, 2.24) is 4.72 Å². The zero-order chi connectivity index (χ0) is 17.2. The van der Waals surface area contributed by atoms with E-state index >= 15 is 0 Å². The summed E-state index contributed by atoms with van der Waals surface area (Å²) >= 11 is 0. The molecule has 2 heterocycles. The van der Waals surface area contributed by atoms with E-state index in [0.29, 0.717) is 12.2 Å². The number of carbonyl (C=O) groups excluding carboxylic acids is 1. The van der Waals surface area contributed by atoms with Gasteiger partial charge in [0, 0.05) is 18.7 Å². The van der Waals surface area contributed by atoms with Crippen LogP contribution in [0, 0.1) is 5.92 Å². The van der Waals surface area contributed by atoms with E-state index in [1.165, 1.54) is 25.9 Å². The molecule has 0 saturated carbocycles. The molecule has 24 heavy (non-hydrogen) atoms. The maximum absolute atomic E-state index is 12.4. The smallest absolute Gasteiger partial charge is 0.240 e. The first-order valence-corrected chi connectivity index (χ1v) is 10.2. The molecule has 1 aromatic rings. The van der Waals surface area contributed by atoms with Crippen LogP contribution in [0.2, 0.25) is 0 Å². The second-order valence-corrected chi connectivity index (χ2v) is 8.74. The molecule has 0 spiro atoms. The van der Waals surface area contributed by atoms with Crippen molar-refractivity contribution in [1.29, 1.82) is 0 Å². The normalized spacial score (nSPS) is 23.8. The second-order valence-electron chi connectivity index (χ2n) is 6.98. The van der Waals surface area contributed by atoms with Crippen molar-refractivity contribution in [2.75, 3.05) is 31.5 Å². The van der Waals surface area contributed by atoms with E-state index in [2.05, 4.69) is 17.0 Å². The number of nitrogens with one attached hydrogen (secondary N) is 3. The molecule has 132 valence electrons. The average molecular weight is 352 g/mol. The maximum Gasteiger partial charge on any atom is 0.240 e. The number of likely N-dealkylation sites (tertiary alicyclic amines) is 1. The molecule has 6 nitrogen and oxygen atoms in total. The lowest BCUT2D eigenvalue weighted by atomic mass is 9.99. The summed E-state index contributed by atoms with van der Waals surface area (Å²) in [5.74, 6) is 0.736.